The summed E-state index contributed by atoms with van der Waals surface area (Å²) in [7, 11) is 0. The molecule has 0 radical (unpaired) electrons. The molecule has 1 aromatic carbocycles. The predicted molar refractivity (Wildman–Crippen MR) is 57.1 cm³/mol. The lowest BCUT2D eigenvalue weighted by Gasteiger charge is -2.03. The van der Waals surface area contributed by atoms with Crippen LogP contribution >= 0.6 is 0 Å². The van der Waals surface area contributed by atoms with Crippen molar-refractivity contribution in [1.29, 1.82) is 5.26 Å². The third kappa shape index (κ3) is 2.44. The van der Waals surface area contributed by atoms with Crippen LogP contribution in [0.5, 0.6) is 0 Å². The van der Waals surface area contributed by atoms with Gasteiger partial charge in [-0.05, 0) is 36.6 Å². The smallest absolute Gasteiger partial charge is 0.346 e. The molecule has 15 heavy (non-hydrogen) atoms. The maximum absolute atomic E-state index is 10.6. The lowest BCUT2D eigenvalue weighted by atomic mass is 10.0. The van der Waals surface area contributed by atoms with E-state index in [1.54, 1.807) is 12.1 Å². The number of carboxylic acid groups (broad SMARTS) is 1. The van der Waals surface area contributed by atoms with Crippen molar-refractivity contribution in [2.24, 2.45) is 0 Å². The average Bonchev–Trinajstić information content (AvgIpc) is 2.19. The van der Waals surface area contributed by atoms with Crippen LogP contribution in [0.4, 0.5) is 0 Å². The molecule has 3 nitrogen and oxygen atoms in total. The van der Waals surface area contributed by atoms with Crippen molar-refractivity contribution in [2.45, 2.75) is 13.8 Å². The van der Waals surface area contributed by atoms with Crippen LogP contribution in [-0.4, -0.2) is 11.1 Å². The Morgan fingerprint density at radius 2 is 2.13 bits per heavy atom. The summed E-state index contributed by atoms with van der Waals surface area (Å²) in [5.74, 6) is -1.20. The van der Waals surface area contributed by atoms with Crippen molar-refractivity contribution in [2.75, 3.05) is 0 Å². The maximum atomic E-state index is 10.6. The predicted octanol–water partition coefficient (Wildman–Crippen LogP) is 2.30. The van der Waals surface area contributed by atoms with Gasteiger partial charge >= 0.3 is 5.97 Å². The number of aliphatic carboxylic acids is 1. The summed E-state index contributed by atoms with van der Waals surface area (Å²) in [4.78, 5) is 10.6. The van der Waals surface area contributed by atoms with Gasteiger partial charge in [-0.25, -0.2) is 4.79 Å². The van der Waals surface area contributed by atoms with Gasteiger partial charge in [0.05, 0.1) is 0 Å². The van der Waals surface area contributed by atoms with E-state index in [0.717, 1.165) is 16.7 Å². The van der Waals surface area contributed by atoms with Gasteiger partial charge in [-0.15, -0.1) is 0 Å². The summed E-state index contributed by atoms with van der Waals surface area (Å²) < 4.78 is 0. The SMILES string of the molecule is Cc1cccc(/C=C(/C#N)C(=O)O)c1C. The van der Waals surface area contributed by atoms with Crippen LogP contribution in [0.2, 0.25) is 0 Å². The Hall–Kier alpha value is -2.08. The molecule has 0 spiro atoms. The molecule has 0 aliphatic rings. The standard InChI is InChI=1S/C12H11NO2/c1-8-4-3-5-10(9(8)2)6-11(7-13)12(14)15/h3-6H,1-2H3,(H,14,15)/b11-6-. The first-order valence-corrected chi connectivity index (χ1v) is 4.47. The third-order valence-electron chi connectivity index (χ3n) is 2.30. The first-order valence-electron chi connectivity index (χ1n) is 4.47. The Morgan fingerprint density at radius 1 is 1.47 bits per heavy atom. The van der Waals surface area contributed by atoms with Crippen LogP contribution < -0.4 is 0 Å². The molecule has 0 saturated heterocycles. The highest BCUT2D eigenvalue weighted by atomic mass is 16.4. The van der Waals surface area contributed by atoms with Crippen LogP contribution in [0.15, 0.2) is 23.8 Å². The molecule has 1 N–H and O–H groups in total. The second kappa shape index (κ2) is 4.43. The molecule has 0 aliphatic carbocycles. The lowest BCUT2D eigenvalue weighted by molar-refractivity contribution is -0.132. The van der Waals surface area contributed by atoms with Crippen molar-refractivity contribution in [3.05, 3.63) is 40.5 Å². The lowest BCUT2D eigenvalue weighted by Crippen LogP contribution is -1.98. The molecule has 0 heterocycles. The Bertz CT molecular complexity index is 467. The fraction of sp³-hybridized carbons (Fsp3) is 0.167. The van der Waals surface area contributed by atoms with Gasteiger partial charge in [0, 0.05) is 0 Å². The highest BCUT2D eigenvalue weighted by molar-refractivity contribution is 5.96. The Balaban J connectivity index is 3.25. The molecule has 0 bridgehead atoms. The van der Waals surface area contributed by atoms with Gasteiger partial charge in [0.15, 0.2) is 0 Å². The number of hydrogen-bond donors (Lipinski definition) is 1. The van der Waals surface area contributed by atoms with E-state index in [-0.39, 0.29) is 5.57 Å². The van der Waals surface area contributed by atoms with Gasteiger partial charge in [-0.3, -0.25) is 0 Å². The molecule has 3 heteroatoms. The normalized spacial score (nSPS) is 10.9. The number of carbonyl (C=O) groups is 1. The number of nitrogens with zero attached hydrogens (tertiary/aromatic N) is 1. The van der Waals surface area contributed by atoms with Gasteiger partial charge in [-0.2, -0.15) is 5.26 Å². The zero-order chi connectivity index (χ0) is 11.4. The second-order valence-corrected chi connectivity index (χ2v) is 3.26. The Labute approximate surface area is 88.3 Å². The molecule has 0 aromatic heterocycles. The highest BCUT2D eigenvalue weighted by Crippen LogP contribution is 2.15. The van der Waals surface area contributed by atoms with E-state index < -0.39 is 5.97 Å². The van der Waals surface area contributed by atoms with Crippen LogP contribution in [0.3, 0.4) is 0 Å². The summed E-state index contributed by atoms with van der Waals surface area (Å²) in [6.45, 7) is 3.84. The summed E-state index contributed by atoms with van der Waals surface area (Å²) >= 11 is 0. The first-order chi connectivity index (χ1) is 7.06. The van der Waals surface area contributed by atoms with E-state index in [1.165, 1.54) is 6.08 Å². The second-order valence-electron chi connectivity index (χ2n) is 3.26. The van der Waals surface area contributed by atoms with Crippen molar-refractivity contribution >= 4 is 12.0 Å². The molecule has 0 atom stereocenters. The molecule has 76 valence electrons. The van der Waals surface area contributed by atoms with E-state index in [4.69, 9.17) is 10.4 Å². The number of hydrogen-bond acceptors (Lipinski definition) is 2. The minimum absolute atomic E-state index is 0.247. The minimum atomic E-state index is -1.20. The van der Waals surface area contributed by atoms with Crippen molar-refractivity contribution in [3.8, 4) is 6.07 Å². The number of benzene rings is 1. The fourth-order valence-electron chi connectivity index (χ4n) is 1.23. The minimum Gasteiger partial charge on any atom is -0.477 e. The zero-order valence-corrected chi connectivity index (χ0v) is 8.61. The fourth-order valence-corrected chi connectivity index (χ4v) is 1.23. The Kier molecular flexibility index (Phi) is 3.25. The average molecular weight is 201 g/mol. The molecular formula is C12H11NO2. The topological polar surface area (TPSA) is 61.1 Å². The third-order valence-corrected chi connectivity index (χ3v) is 2.30. The van der Waals surface area contributed by atoms with Gasteiger partial charge in [0.1, 0.15) is 11.6 Å². The zero-order valence-electron chi connectivity index (χ0n) is 8.61. The number of nitriles is 1. The monoisotopic (exact) mass is 201 g/mol. The number of carboxylic acids is 1. The van der Waals surface area contributed by atoms with Crippen molar-refractivity contribution < 1.29 is 9.90 Å². The molecule has 0 amide bonds. The van der Waals surface area contributed by atoms with Crippen LogP contribution in [-0.2, 0) is 4.79 Å². The van der Waals surface area contributed by atoms with Gasteiger partial charge < -0.3 is 5.11 Å². The van der Waals surface area contributed by atoms with Gasteiger partial charge in [0.25, 0.3) is 0 Å². The van der Waals surface area contributed by atoms with E-state index in [2.05, 4.69) is 0 Å². The number of rotatable bonds is 2. The highest BCUT2D eigenvalue weighted by Gasteiger charge is 2.07. The van der Waals surface area contributed by atoms with Crippen molar-refractivity contribution in [3.63, 3.8) is 0 Å². The van der Waals surface area contributed by atoms with E-state index in [9.17, 15) is 4.79 Å². The van der Waals surface area contributed by atoms with E-state index in [0.29, 0.717) is 0 Å². The molecule has 0 aliphatic heterocycles. The van der Waals surface area contributed by atoms with Crippen molar-refractivity contribution in [1.82, 2.24) is 0 Å². The summed E-state index contributed by atoms with van der Waals surface area (Å²) in [6.07, 6.45) is 1.39. The quantitative estimate of drug-likeness (QED) is 0.590. The number of aryl methyl sites for hydroxylation is 1. The largest absolute Gasteiger partial charge is 0.477 e. The molecule has 0 unspecified atom stereocenters. The first kappa shape index (κ1) is 11.0. The summed E-state index contributed by atoms with van der Waals surface area (Å²) in [6, 6.07) is 7.23. The maximum Gasteiger partial charge on any atom is 0.346 e. The molecule has 1 aromatic rings. The molecule has 0 fully saturated rings. The Morgan fingerprint density at radius 3 is 2.67 bits per heavy atom. The van der Waals surface area contributed by atoms with E-state index >= 15 is 0 Å². The molecule has 0 saturated carbocycles. The van der Waals surface area contributed by atoms with E-state index in [1.807, 2.05) is 26.0 Å². The molecule has 1 rings (SSSR count). The van der Waals surface area contributed by atoms with Gasteiger partial charge in [0.2, 0.25) is 0 Å². The summed E-state index contributed by atoms with van der Waals surface area (Å²) in [5.41, 5.74) is 2.59. The van der Waals surface area contributed by atoms with Crippen LogP contribution in [0.25, 0.3) is 6.08 Å². The van der Waals surface area contributed by atoms with Gasteiger partial charge in [-0.1, -0.05) is 18.2 Å². The van der Waals surface area contributed by atoms with Crippen LogP contribution in [0, 0.1) is 25.2 Å². The molecular weight excluding hydrogens is 190 g/mol. The summed E-state index contributed by atoms with van der Waals surface area (Å²) in [5, 5.41) is 17.3. The van der Waals surface area contributed by atoms with Crippen LogP contribution in [0.1, 0.15) is 16.7 Å².